The molecular weight excluding hydrogens is 252 g/mol. The zero-order chi connectivity index (χ0) is 14.6. The second kappa shape index (κ2) is 6.90. The Bertz CT molecular complexity index is 322. The van der Waals surface area contributed by atoms with Gasteiger partial charge < -0.3 is 10.0 Å². The van der Waals surface area contributed by atoms with Gasteiger partial charge in [0.2, 0.25) is 0 Å². The van der Waals surface area contributed by atoms with Crippen LogP contribution in [-0.4, -0.2) is 59.6 Å². The second-order valence-electron chi connectivity index (χ2n) is 6.57. The van der Waals surface area contributed by atoms with Crippen LogP contribution in [0, 0.1) is 5.41 Å². The van der Waals surface area contributed by atoms with Crippen molar-refractivity contribution < 1.29 is 9.90 Å². The average Bonchev–Trinajstić information content (AvgIpc) is 2.94. The van der Waals surface area contributed by atoms with Gasteiger partial charge in [0.1, 0.15) is 0 Å². The summed E-state index contributed by atoms with van der Waals surface area (Å²) >= 11 is 0. The first-order valence-electron chi connectivity index (χ1n) is 8.31. The normalized spacial score (nSPS) is 26.0. The quantitative estimate of drug-likeness (QED) is 0.812. The molecule has 0 aromatic carbocycles. The van der Waals surface area contributed by atoms with Gasteiger partial charge in [-0.05, 0) is 51.7 Å². The minimum absolute atomic E-state index is 0.545. The summed E-state index contributed by atoms with van der Waals surface area (Å²) in [7, 11) is 0. The lowest BCUT2D eigenvalue weighted by Gasteiger charge is -2.34. The lowest BCUT2D eigenvalue weighted by molar-refractivity contribution is -0.150. The molecule has 2 saturated heterocycles. The van der Waals surface area contributed by atoms with E-state index in [-0.39, 0.29) is 0 Å². The molecule has 2 aliphatic rings. The molecule has 2 fully saturated rings. The first kappa shape index (κ1) is 15.8. The zero-order valence-corrected chi connectivity index (χ0v) is 13.1. The Morgan fingerprint density at radius 2 is 1.80 bits per heavy atom. The number of likely N-dealkylation sites (tertiary alicyclic amines) is 2. The van der Waals surface area contributed by atoms with Crippen LogP contribution in [-0.2, 0) is 4.79 Å². The van der Waals surface area contributed by atoms with Gasteiger partial charge in [-0.3, -0.25) is 9.69 Å². The number of carbonyl (C=O) groups is 1. The number of carboxylic acid groups (broad SMARTS) is 1. The first-order chi connectivity index (χ1) is 9.61. The van der Waals surface area contributed by atoms with E-state index in [1.165, 1.54) is 38.8 Å². The predicted octanol–water partition coefficient (Wildman–Crippen LogP) is 2.44. The molecule has 1 atom stereocenters. The maximum atomic E-state index is 11.6. The Labute approximate surface area is 123 Å². The SMILES string of the molecule is CCC(CC)(CN1CCC(N2CCCCC2)C1)C(=O)O. The van der Waals surface area contributed by atoms with E-state index >= 15 is 0 Å². The van der Waals surface area contributed by atoms with Gasteiger partial charge in [-0.15, -0.1) is 0 Å². The molecule has 2 aliphatic heterocycles. The molecule has 0 saturated carbocycles. The number of hydrogen-bond donors (Lipinski definition) is 1. The van der Waals surface area contributed by atoms with Gasteiger partial charge in [0.05, 0.1) is 5.41 Å². The number of aliphatic carboxylic acids is 1. The molecule has 0 spiro atoms. The van der Waals surface area contributed by atoms with Crippen LogP contribution >= 0.6 is 0 Å². The number of piperidine rings is 1. The van der Waals surface area contributed by atoms with Crippen LogP contribution in [0.5, 0.6) is 0 Å². The topological polar surface area (TPSA) is 43.8 Å². The van der Waals surface area contributed by atoms with Crippen LogP contribution in [0.25, 0.3) is 0 Å². The summed E-state index contributed by atoms with van der Waals surface area (Å²) in [6.45, 7) is 9.35. The minimum Gasteiger partial charge on any atom is -0.481 e. The van der Waals surface area contributed by atoms with Crippen molar-refractivity contribution in [3.63, 3.8) is 0 Å². The Morgan fingerprint density at radius 3 is 2.35 bits per heavy atom. The minimum atomic E-state index is -0.621. The lowest BCUT2D eigenvalue weighted by atomic mass is 9.82. The van der Waals surface area contributed by atoms with E-state index in [0.29, 0.717) is 6.04 Å². The van der Waals surface area contributed by atoms with Crippen molar-refractivity contribution in [1.29, 1.82) is 0 Å². The smallest absolute Gasteiger partial charge is 0.310 e. The van der Waals surface area contributed by atoms with Crippen molar-refractivity contribution in [2.45, 2.75) is 58.4 Å². The van der Waals surface area contributed by atoms with Gasteiger partial charge in [0, 0.05) is 19.1 Å². The fourth-order valence-electron chi connectivity index (χ4n) is 3.81. The third-order valence-electron chi connectivity index (χ3n) is 5.49. The summed E-state index contributed by atoms with van der Waals surface area (Å²) in [6.07, 6.45) is 6.70. The maximum absolute atomic E-state index is 11.6. The Kier molecular flexibility index (Phi) is 5.44. The third kappa shape index (κ3) is 3.34. The van der Waals surface area contributed by atoms with Crippen LogP contribution in [0.2, 0.25) is 0 Å². The summed E-state index contributed by atoms with van der Waals surface area (Å²) < 4.78 is 0. The second-order valence-corrected chi connectivity index (χ2v) is 6.57. The van der Waals surface area contributed by atoms with E-state index in [2.05, 4.69) is 9.80 Å². The van der Waals surface area contributed by atoms with Crippen LogP contribution in [0.1, 0.15) is 52.4 Å². The van der Waals surface area contributed by atoms with E-state index in [9.17, 15) is 9.90 Å². The highest BCUT2D eigenvalue weighted by Crippen LogP contribution is 2.30. The fraction of sp³-hybridized carbons (Fsp3) is 0.938. The van der Waals surface area contributed by atoms with Gasteiger partial charge >= 0.3 is 5.97 Å². The van der Waals surface area contributed by atoms with E-state index in [1.54, 1.807) is 0 Å². The van der Waals surface area contributed by atoms with Crippen molar-refractivity contribution >= 4 is 5.97 Å². The summed E-state index contributed by atoms with van der Waals surface area (Å²) in [5.74, 6) is -0.621. The largest absolute Gasteiger partial charge is 0.481 e. The van der Waals surface area contributed by atoms with E-state index < -0.39 is 11.4 Å². The molecular formula is C16H30N2O2. The third-order valence-corrected chi connectivity index (χ3v) is 5.49. The molecule has 0 bridgehead atoms. The van der Waals surface area contributed by atoms with E-state index in [4.69, 9.17) is 0 Å². The molecule has 4 nitrogen and oxygen atoms in total. The van der Waals surface area contributed by atoms with Crippen molar-refractivity contribution in [2.24, 2.45) is 5.41 Å². The zero-order valence-electron chi connectivity index (χ0n) is 13.1. The van der Waals surface area contributed by atoms with Crippen LogP contribution < -0.4 is 0 Å². The van der Waals surface area contributed by atoms with E-state index in [0.717, 1.165) is 32.5 Å². The maximum Gasteiger partial charge on any atom is 0.310 e. The van der Waals surface area contributed by atoms with Gasteiger partial charge in [-0.2, -0.15) is 0 Å². The highest BCUT2D eigenvalue weighted by molar-refractivity contribution is 5.74. The molecule has 0 aromatic heterocycles. The number of nitrogens with zero attached hydrogens (tertiary/aromatic N) is 2. The van der Waals surface area contributed by atoms with Crippen molar-refractivity contribution in [1.82, 2.24) is 9.80 Å². The molecule has 1 N–H and O–H groups in total. The first-order valence-corrected chi connectivity index (χ1v) is 8.31. The van der Waals surface area contributed by atoms with Crippen LogP contribution in [0.4, 0.5) is 0 Å². The van der Waals surface area contributed by atoms with Crippen molar-refractivity contribution in [3.05, 3.63) is 0 Å². The highest BCUT2D eigenvalue weighted by Gasteiger charge is 2.39. The summed E-state index contributed by atoms with van der Waals surface area (Å²) in [5.41, 5.74) is -0.545. The number of hydrogen-bond acceptors (Lipinski definition) is 3. The molecule has 0 amide bonds. The van der Waals surface area contributed by atoms with Crippen molar-refractivity contribution in [2.75, 3.05) is 32.7 Å². The van der Waals surface area contributed by atoms with E-state index in [1.807, 2.05) is 13.8 Å². The Morgan fingerprint density at radius 1 is 1.15 bits per heavy atom. The van der Waals surface area contributed by atoms with Gasteiger partial charge in [0.25, 0.3) is 0 Å². The molecule has 0 radical (unpaired) electrons. The molecule has 2 rings (SSSR count). The summed E-state index contributed by atoms with van der Waals surface area (Å²) in [5, 5.41) is 9.56. The van der Waals surface area contributed by atoms with Gasteiger partial charge in [0.15, 0.2) is 0 Å². The van der Waals surface area contributed by atoms with Crippen molar-refractivity contribution in [3.8, 4) is 0 Å². The number of carboxylic acids is 1. The standard InChI is InChI=1S/C16H30N2O2/c1-3-16(4-2,15(19)20)13-17-11-8-14(12-17)18-9-6-5-7-10-18/h14H,3-13H2,1-2H3,(H,19,20). The Balaban J connectivity index is 1.90. The molecule has 2 heterocycles. The molecule has 20 heavy (non-hydrogen) atoms. The fourth-order valence-corrected chi connectivity index (χ4v) is 3.81. The predicted molar refractivity (Wildman–Crippen MR) is 80.9 cm³/mol. The molecule has 4 heteroatoms. The average molecular weight is 282 g/mol. The molecule has 1 unspecified atom stereocenters. The number of rotatable bonds is 6. The van der Waals surface area contributed by atoms with Crippen LogP contribution in [0.3, 0.4) is 0 Å². The van der Waals surface area contributed by atoms with Gasteiger partial charge in [-0.1, -0.05) is 20.3 Å². The highest BCUT2D eigenvalue weighted by atomic mass is 16.4. The molecule has 0 aromatic rings. The van der Waals surface area contributed by atoms with Gasteiger partial charge in [-0.25, -0.2) is 0 Å². The van der Waals surface area contributed by atoms with Crippen LogP contribution in [0.15, 0.2) is 0 Å². The Hall–Kier alpha value is -0.610. The summed E-state index contributed by atoms with van der Waals surface area (Å²) in [4.78, 5) is 16.6. The molecule has 116 valence electrons. The monoisotopic (exact) mass is 282 g/mol. The molecule has 0 aliphatic carbocycles. The summed E-state index contributed by atoms with van der Waals surface area (Å²) in [6, 6.07) is 0.663. The lowest BCUT2D eigenvalue weighted by Crippen LogP contribution is -2.44.